The molecule has 1 unspecified atom stereocenters. The lowest BCUT2D eigenvalue weighted by molar-refractivity contribution is -0.134. The minimum Gasteiger partial charge on any atom is -0.491 e. The van der Waals surface area contributed by atoms with Gasteiger partial charge in [-0.3, -0.25) is 14.4 Å². The second kappa shape index (κ2) is 15.0. The average molecular weight is 526 g/mol. The van der Waals surface area contributed by atoms with E-state index in [2.05, 4.69) is 5.32 Å². The Kier molecular flexibility index (Phi) is 11.5. The molecular formula is C29H35NO8. The van der Waals surface area contributed by atoms with Crippen LogP contribution in [0.5, 0.6) is 11.5 Å². The maximum atomic E-state index is 12.4. The molecule has 1 amide bonds. The predicted octanol–water partition coefficient (Wildman–Crippen LogP) is 3.44. The van der Waals surface area contributed by atoms with Gasteiger partial charge in [-0.2, -0.15) is 0 Å². The summed E-state index contributed by atoms with van der Waals surface area (Å²) in [5.41, 5.74) is 0.622. The number of hydrogen-bond acceptors (Lipinski definition) is 8. The molecule has 1 saturated carbocycles. The first-order chi connectivity index (χ1) is 18.3. The van der Waals surface area contributed by atoms with E-state index < -0.39 is 24.2 Å². The van der Waals surface area contributed by atoms with Gasteiger partial charge in [0, 0.05) is 31.4 Å². The Labute approximate surface area is 222 Å². The van der Waals surface area contributed by atoms with Crippen LogP contribution >= 0.6 is 0 Å². The number of unbranched alkanes of at least 4 members (excludes halogenated alkanes) is 1. The number of Topliss-reactive ketones (excluding diaryl/α,β-unsaturated/α-hetero) is 1. The molecule has 9 heteroatoms. The van der Waals surface area contributed by atoms with Crippen LogP contribution in [0.3, 0.4) is 0 Å². The number of hydrogen-bond donors (Lipinski definition) is 3. The number of rotatable bonds is 14. The molecule has 0 bridgehead atoms. The number of anilines is 1. The molecule has 1 fully saturated rings. The van der Waals surface area contributed by atoms with Gasteiger partial charge in [-0.15, -0.1) is 0 Å². The number of esters is 1. The molecule has 0 saturated heterocycles. The quantitative estimate of drug-likeness (QED) is 0.148. The third-order valence-corrected chi connectivity index (χ3v) is 5.98. The fourth-order valence-electron chi connectivity index (χ4n) is 4.11. The van der Waals surface area contributed by atoms with E-state index in [9.17, 15) is 24.6 Å². The molecule has 1 aliphatic carbocycles. The maximum Gasteiger partial charge on any atom is 0.311 e. The van der Waals surface area contributed by atoms with Crippen LogP contribution in [0.25, 0.3) is 0 Å². The van der Waals surface area contributed by atoms with Crippen LogP contribution in [0.2, 0.25) is 0 Å². The highest BCUT2D eigenvalue weighted by Crippen LogP contribution is 2.29. The van der Waals surface area contributed by atoms with E-state index in [4.69, 9.17) is 14.2 Å². The number of ether oxygens (including phenoxy) is 3. The lowest BCUT2D eigenvalue weighted by Gasteiger charge is -2.22. The van der Waals surface area contributed by atoms with Crippen molar-refractivity contribution >= 4 is 23.3 Å². The number of benzene rings is 2. The molecule has 3 N–H and O–H groups in total. The van der Waals surface area contributed by atoms with E-state index in [1.54, 1.807) is 36.4 Å². The van der Waals surface area contributed by atoms with Crippen molar-refractivity contribution in [2.75, 3.05) is 18.5 Å². The van der Waals surface area contributed by atoms with E-state index in [-0.39, 0.29) is 43.7 Å². The molecule has 38 heavy (non-hydrogen) atoms. The zero-order valence-electron chi connectivity index (χ0n) is 21.5. The van der Waals surface area contributed by atoms with Crippen LogP contribution in [0.1, 0.15) is 39.0 Å². The molecule has 0 aromatic heterocycles. The molecule has 3 rings (SSSR count). The predicted molar refractivity (Wildman–Crippen MR) is 141 cm³/mol. The molecule has 0 radical (unpaired) electrons. The first kappa shape index (κ1) is 29.0. The van der Waals surface area contributed by atoms with Crippen molar-refractivity contribution in [3.05, 3.63) is 66.7 Å². The molecule has 9 nitrogen and oxygen atoms in total. The first-order valence-corrected chi connectivity index (χ1v) is 12.7. The molecule has 0 aliphatic heterocycles. The highest BCUT2D eigenvalue weighted by Gasteiger charge is 2.41. The van der Waals surface area contributed by atoms with Crippen molar-refractivity contribution in [2.24, 2.45) is 5.92 Å². The zero-order valence-corrected chi connectivity index (χ0v) is 21.5. The number of allylic oxidation sites excluding steroid dienone is 2. The van der Waals surface area contributed by atoms with Gasteiger partial charge in [0.15, 0.2) is 0 Å². The molecule has 204 valence electrons. The number of aliphatic hydroxyl groups is 2. The molecule has 0 heterocycles. The number of ketones is 1. The summed E-state index contributed by atoms with van der Waals surface area (Å²) in [5.74, 6) is -0.0630. The third kappa shape index (κ3) is 9.74. The Morgan fingerprint density at radius 3 is 2.50 bits per heavy atom. The summed E-state index contributed by atoms with van der Waals surface area (Å²) < 4.78 is 16.5. The average Bonchev–Trinajstić information content (AvgIpc) is 3.16. The molecule has 0 spiro atoms. The van der Waals surface area contributed by atoms with Gasteiger partial charge in [0.2, 0.25) is 5.91 Å². The van der Waals surface area contributed by atoms with Gasteiger partial charge >= 0.3 is 5.97 Å². The highest BCUT2D eigenvalue weighted by molar-refractivity contribution is 5.88. The number of amides is 1. The van der Waals surface area contributed by atoms with Gasteiger partial charge in [0.25, 0.3) is 0 Å². The van der Waals surface area contributed by atoms with Crippen LogP contribution in [0.4, 0.5) is 5.69 Å². The Hall–Kier alpha value is -3.53. The first-order valence-electron chi connectivity index (χ1n) is 12.7. The summed E-state index contributed by atoms with van der Waals surface area (Å²) >= 11 is 0. The summed E-state index contributed by atoms with van der Waals surface area (Å²) in [4.78, 5) is 35.5. The summed E-state index contributed by atoms with van der Waals surface area (Å²) in [5, 5.41) is 23.1. The van der Waals surface area contributed by atoms with Crippen molar-refractivity contribution < 1.29 is 38.8 Å². The monoisotopic (exact) mass is 525 g/mol. The topological polar surface area (TPSA) is 131 Å². The lowest BCUT2D eigenvalue weighted by Crippen LogP contribution is -2.34. The van der Waals surface area contributed by atoms with E-state index in [0.717, 1.165) is 0 Å². The van der Waals surface area contributed by atoms with E-state index in [0.29, 0.717) is 36.4 Å². The summed E-state index contributed by atoms with van der Waals surface area (Å²) in [7, 11) is 0. The number of nitrogens with one attached hydrogen (secondary N) is 1. The molecule has 1 aliphatic rings. The minimum absolute atomic E-state index is 0.0252. The van der Waals surface area contributed by atoms with Gasteiger partial charge < -0.3 is 29.7 Å². The number of carbonyl (C=O) groups is 3. The third-order valence-electron chi connectivity index (χ3n) is 5.98. The van der Waals surface area contributed by atoms with Crippen molar-refractivity contribution in [1.82, 2.24) is 0 Å². The Bertz CT molecular complexity index is 1070. The Balaban J connectivity index is 1.34. The van der Waals surface area contributed by atoms with Crippen molar-refractivity contribution in [2.45, 2.75) is 57.3 Å². The second-order valence-corrected chi connectivity index (χ2v) is 9.20. The maximum absolute atomic E-state index is 12.4. The van der Waals surface area contributed by atoms with Crippen LogP contribution < -0.4 is 14.8 Å². The molecule has 2 aromatic carbocycles. The molecule has 4 atom stereocenters. The van der Waals surface area contributed by atoms with E-state index in [1.165, 1.54) is 6.92 Å². The number of carbonyl (C=O) groups excluding carboxylic acids is 3. The molecule has 2 aromatic rings. The van der Waals surface area contributed by atoms with Crippen LogP contribution in [-0.4, -0.2) is 59.4 Å². The van der Waals surface area contributed by atoms with Crippen molar-refractivity contribution in [1.29, 1.82) is 0 Å². The lowest BCUT2D eigenvalue weighted by atomic mass is 9.99. The van der Waals surface area contributed by atoms with Crippen molar-refractivity contribution in [3.63, 3.8) is 0 Å². The minimum atomic E-state index is -0.912. The zero-order chi connectivity index (χ0) is 27.3. The Morgan fingerprint density at radius 2 is 1.79 bits per heavy atom. The fraction of sp³-hybridized carbons (Fsp3) is 0.414. The molecular weight excluding hydrogens is 490 g/mol. The van der Waals surface area contributed by atoms with Gasteiger partial charge in [-0.1, -0.05) is 30.4 Å². The normalized spacial score (nSPS) is 19.9. The summed E-state index contributed by atoms with van der Waals surface area (Å²) in [6.45, 7) is 1.40. The largest absolute Gasteiger partial charge is 0.491 e. The summed E-state index contributed by atoms with van der Waals surface area (Å²) in [6.07, 6.45) is 3.12. The van der Waals surface area contributed by atoms with Crippen LogP contribution in [0.15, 0.2) is 66.7 Å². The highest BCUT2D eigenvalue weighted by atomic mass is 16.5. The van der Waals surface area contributed by atoms with Gasteiger partial charge in [0.1, 0.15) is 30.0 Å². The Morgan fingerprint density at radius 1 is 1.05 bits per heavy atom. The van der Waals surface area contributed by atoms with Gasteiger partial charge in [0.05, 0.1) is 18.8 Å². The van der Waals surface area contributed by atoms with Gasteiger partial charge in [-0.05, 0) is 55.7 Å². The van der Waals surface area contributed by atoms with Crippen LogP contribution in [-0.2, 0) is 19.1 Å². The SMILES string of the molecule is CC(=O)Nc1ccc(OC(=O)CCC/C=C\C[C@H]2C(=O)C[C@@H](O)[C@@H]2OCC(O)COc2ccccc2)cc1. The van der Waals surface area contributed by atoms with Crippen LogP contribution in [0, 0.1) is 5.92 Å². The standard InChI is InChI=1S/C29H35NO8/c1-20(31)30-21-13-15-24(16-14-21)38-28(35)12-8-3-2-7-11-25-26(33)17-27(34)29(25)37-19-22(32)18-36-23-9-5-4-6-10-23/h2,4-7,9-10,13-16,22,25,27,29,32,34H,3,8,11-12,17-19H2,1H3,(H,30,31)/b7-2-/t22?,25-,27+,29+/m0/s1. The van der Waals surface area contributed by atoms with E-state index >= 15 is 0 Å². The number of aliphatic hydroxyl groups excluding tert-OH is 2. The van der Waals surface area contributed by atoms with Crippen molar-refractivity contribution in [3.8, 4) is 11.5 Å². The summed E-state index contributed by atoms with van der Waals surface area (Å²) in [6, 6.07) is 15.6. The second-order valence-electron chi connectivity index (χ2n) is 9.20. The smallest absolute Gasteiger partial charge is 0.311 e. The van der Waals surface area contributed by atoms with Gasteiger partial charge in [-0.25, -0.2) is 0 Å². The van der Waals surface area contributed by atoms with E-state index in [1.807, 2.05) is 30.4 Å². The fourth-order valence-corrected chi connectivity index (χ4v) is 4.11. The number of para-hydroxylation sites is 1.